The van der Waals surface area contributed by atoms with Gasteiger partial charge in [0.25, 0.3) is 0 Å². The lowest BCUT2D eigenvalue weighted by Crippen LogP contribution is -1.96. The van der Waals surface area contributed by atoms with E-state index in [1.54, 1.807) is 13.8 Å². The molecule has 0 radical (unpaired) electrons. The number of nitrogens with zero attached hydrogens (tertiary/aromatic N) is 1. The molecule has 0 amide bonds. The summed E-state index contributed by atoms with van der Waals surface area (Å²) in [4.78, 5) is 4.47. The number of benzene rings is 1. The van der Waals surface area contributed by atoms with Crippen LogP contribution in [0.25, 0.3) is 11.3 Å². The Morgan fingerprint density at radius 1 is 1.00 bits per heavy atom. The molecule has 1 unspecified atom stereocenters. The van der Waals surface area contributed by atoms with E-state index in [1.165, 1.54) is 11.1 Å². The van der Waals surface area contributed by atoms with Crippen LogP contribution in [0, 0.1) is 0 Å². The van der Waals surface area contributed by atoms with Crippen LogP contribution < -0.4 is 5.30 Å². The van der Waals surface area contributed by atoms with Gasteiger partial charge in [0.05, 0.1) is 5.69 Å². The van der Waals surface area contributed by atoms with Crippen LogP contribution in [-0.4, -0.2) is 28.4 Å². The van der Waals surface area contributed by atoms with E-state index in [0.717, 1.165) is 11.0 Å². The molecule has 22 heavy (non-hydrogen) atoms. The zero-order valence-electron chi connectivity index (χ0n) is 14.0. The standard InChI is InChI=1S/C14H16NP.2C2H6O/c1-10(2)12-5-3-4-6-13(12)14-8-7-11(16)9-15-14;2*1-2-3/h3-10H,16H2,1-2H3;2*3H,2H2,1H3. The minimum absolute atomic E-state index is 0.250. The SMILES string of the molecule is CC(C)c1ccccc1-c1ccc(P)cn1.CCO.CCO. The van der Waals surface area contributed by atoms with Gasteiger partial charge >= 0.3 is 0 Å². The summed E-state index contributed by atoms with van der Waals surface area (Å²) in [7, 11) is 2.66. The Balaban J connectivity index is 0.000000639. The van der Waals surface area contributed by atoms with E-state index in [0.29, 0.717) is 5.92 Å². The molecule has 0 aliphatic carbocycles. The molecule has 1 heterocycles. The largest absolute Gasteiger partial charge is 0.397 e. The Morgan fingerprint density at radius 3 is 2.00 bits per heavy atom. The quantitative estimate of drug-likeness (QED) is 0.834. The van der Waals surface area contributed by atoms with Crippen molar-refractivity contribution in [3.8, 4) is 11.3 Å². The highest BCUT2D eigenvalue weighted by atomic mass is 31.0. The molecule has 1 atom stereocenters. The van der Waals surface area contributed by atoms with Crippen molar-refractivity contribution >= 4 is 14.5 Å². The fourth-order valence-corrected chi connectivity index (χ4v) is 1.97. The maximum absolute atomic E-state index is 7.57. The third-order valence-electron chi connectivity index (χ3n) is 2.65. The molecule has 4 heteroatoms. The molecule has 0 aliphatic heterocycles. The van der Waals surface area contributed by atoms with E-state index in [2.05, 4.69) is 64.5 Å². The lowest BCUT2D eigenvalue weighted by atomic mass is 9.95. The van der Waals surface area contributed by atoms with Crippen LogP contribution in [0.3, 0.4) is 0 Å². The lowest BCUT2D eigenvalue weighted by molar-refractivity contribution is 0.318. The molecule has 0 saturated heterocycles. The monoisotopic (exact) mass is 321 g/mol. The van der Waals surface area contributed by atoms with Gasteiger partial charge in [-0.3, -0.25) is 4.98 Å². The summed E-state index contributed by atoms with van der Waals surface area (Å²) in [5.41, 5.74) is 3.64. The number of aliphatic hydroxyl groups excluding tert-OH is 2. The molecule has 1 aromatic heterocycles. The number of aromatic nitrogens is 1. The van der Waals surface area contributed by atoms with Crippen LogP contribution in [0.1, 0.15) is 39.2 Å². The molecule has 0 bridgehead atoms. The zero-order valence-corrected chi connectivity index (χ0v) is 15.1. The van der Waals surface area contributed by atoms with Gasteiger partial charge in [0.2, 0.25) is 0 Å². The molecule has 0 fully saturated rings. The van der Waals surface area contributed by atoms with E-state index in [9.17, 15) is 0 Å². The predicted octanol–water partition coefficient (Wildman–Crippen LogP) is 3.37. The molecule has 0 spiro atoms. The normalized spacial score (nSPS) is 9.45. The van der Waals surface area contributed by atoms with Gasteiger partial charge in [-0.15, -0.1) is 9.24 Å². The molecule has 0 saturated carbocycles. The van der Waals surface area contributed by atoms with Crippen molar-refractivity contribution in [2.45, 2.75) is 33.6 Å². The van der Waals surface area contributed by atoms with E-state index >= 15 is 0 Å². The topological polar surface area (TPSA) is 53.4 Å². The minimum atomic E-state index is 0.250. The summed E-state index contributed by atoms with van der Waals surface area (Å²) in [6.07, 6.45) is 1.89. The fraction of sp³-hybridized carbons (Fsp3) is 0.389. The van der Waals surface area contributed by atoms with Gasteiger partial charge in [0.1, 0.15) is 0 Å². The second-order valence-corrected chi connectivity index (χ2v) is 5.52. The number of aliphatic hydroxyl groups is 2. The zero-order chi connectivity index (χ0) is 17.0. The Morgan fingerprint density at radius 2 is 1.55 bits per heavy atom. The van der Waals surface area contributed by atoms with Gasteiger partial charge in [-0.05, 0) is 36.7 Å². The van der Waals surface area contributed by atoms with Crippen LogP contribution in [0.15, 0.2) is 42.6 Å². The number of hydrogen-bond donors (Lipinski definition) is 2. The van der Waals surface area contributed by atoms with Gasteiger partial charge in [-0.2, -0.15) is 0 Å². The van der Waals surface area contributed by atoms with Crippen molar-refractivity contribution in [3.05, 3.63) is 48.2 Å². The van der Waals surface area contributed by atoms with Gasteiger partial charge in [-0.25, -0.2) is 0 Å². The maximum Gasteiger partial charge on any atom is 0.0705 e. The van der Waals surface area contributed by atoms with Gasteiger partial charge in [0, 0.05) is 25.0 Å². The van der Waals surface area contributed by atoms with Crippen molar-refractivity contribution < 1.29 is 10.2 Å². The second-order valence-electron chi connectivity index (χ2n) is 4.85. The molecule has 2 rings (SSSR count). The first kappa shape index (κ1) is 20.7. The number of pyridine rings is 1. The first-order chi connectivity index (χ1) is 10.5. The van der Waals surface area contributed by atoms with Crippen LogP contribution in [-0.2, 0) is 0 Å². The Labute approximate surface area is 136 Å². The van der Waals surface area contributed by atoms with Crippen molar-refractivity contribution in [2.75, 3.05) is 13.2 Å². The van der Waals surface area contributed by atoms with Gasteiger partial charge in [0.15, 0.2) is 0 Å². The third kappa shape index (κ3) is 7.65. The van der Waals surface area contributed by atoms with Crippen molar-refractivity contribution in [1.82, 2.24) is 4.98 Å². The smallest absolute Gasteiger partial charge is 0.0705 e. The average molecular weight is 321 g/mol. The summed E-state index contributed by atoms with van der Waals surface area (Å²) < 4.78 is 0. The average Bonchev–Trinajstić information content (AvgIpc) is 2.49. The Bertz CT molecular complexity index is 511. The number of rotatable bonds is 2. The molecule has 122 valence electrons. The van der Waals surface area contributed by atoms with Gasteiger partial charge < -0.3 is 10.2 Å². The molecular formula is C18H28NO2P. The highest BCUT2D eigenvalue weighted by Crippen LogP contribution is 2.27. The third-order valence-corrected chi connectivity index (χ3v) is 2.99. The van der Waals surface area contributed by atoms with E-state index in [4.69, 9.17) is 10.2 Å². The van der Waals surface area contributed by atoms with Crippen LogP contribution in [0.5, 0.6) is 0 Å². The first-order valence-electron chi connectivity index (χ1n) is 7.54. The van der Waals surface area contributed by atoms with Crippen molar-refractivity contribution in [1.29, 1.82) is 0 Å². The lowest BCUT2D eigenvalue weighted by Gasteiger charge is -2.11. The van der Waals surface area contributed by atoms with E-state index in [1.807, 2.05) is 6.20 Å². The summed E-state index contributed by atoms with van der Waals surface area (Å²) in [5.74, 6) is 0.522. The molecule has 2 N–H and O–H groups in total. The number of hydrogen-bond acceptors (Lipinski definition) is 3. The molecule has 0 aliphatic rings. The second kappa shape index (κ2) is 12.3. The summed E-state index contributed by atoms with van der Waals surface area (Å²) in [5, 5.41) is 16.3. The fourth-order valence-electron chi connectivity index (χ4n) is 1.80. The van der Waals surface area contributed by atoms with E-state index < -0.39 is 0 Å². The predicted molar refractivity (Wildman–Crippen MR) is 98.6 cm³/mol. The van der Waals surface area contributed by atoms with Crippen molar-refractivity contribution in [2.24, 2.45) is 0 Å². The Kier molecular flexibility index (Phi) is 11.6. The Hall–Kier alpha value is -1.28. The first-order valence-corrected chi connectivity index (χ1v) is 8.11. The van der Waals surface area contributed by atoms with Gasteiger partial charge in [-0.1, -0.05) is 44.2 Å². The molecular weight excluding hydrogens is 293 g/mol. The van der Waals surface area contributed by atoms with Crippen molar-refractivity contribution in [3.63, 3.8) is 0 Å². The summed E-state index contributed by atoms with van der Waals surface area (Å²) >= 11 is 0. The highest BCUT2D eigenvalue weighted by Gasteiger charge is 2.08. The molecule has 3 nitrogen and oxygen atoms in total. The minimum Gasteiger partial charge on any atom is -0.397 e. The highest BCUT2D eigenvalue weighted by molar-refractivity contribution is 7.27. The molecule has 2 aromatic rings. The maximum atomic E-state index is 7.57. The van der Waals surface area contributed by atoms with E-state index in [-0.39, 0.29) is 13.2 Å². The van der Waals surface area contributed by atoms with Crippen LogP contribution in [0.2, 0.25) is 0 Å². The molecule has 1 aromatic carbocycles. The van der Waals surface area contributed by atoms with Crippen LogP contribution in [0.4, 0.5) is 0 Å². The summed E-state index contributed by atoms with van der Waals surface area (Å²) in [6.45, 7) is 8.28. The van der Waals surface area contributed by atoms with Crippen LogP contribution >= 0.6 is 9.24 Å². The summed E-state index contributed by atoms with van der Waals surface area (Å²) in [6, 6.07) is 12.6.